The minimum atomic E-state index is 0. The molecule has 0 fully saturated rings. The Morgan fingerprint density at radius 1 is 1.26 bits per heavy atom. The molecule has 5 nitrogen and oxygen atoms in total. The number of halogens is 1. The van der Waals surface area contributed by atoms with Gasteiger partial charge in [-0.05, 0) is 20.3 Å². The standard InChI is InChI=1S/C15H23N5S2.HI/c1-4-13-20-12(10-21-13)9-19-15(16-5-2)17-7-6-14-18-8-11(3)22-14;/h8,10H,4-7,9H2,1-3H3,(H2,16,17,19);1H. The van der Waals surface area contributed by atoms with Gasteiger partial charge in [0.05, 0.1) is 22.3 Å². The second-order valence-corrected chi connectivity index (χ2v) is 7.08. The quantitative estimate of drug-likeness (QED) is 0.374. The van der Waals surface area contributed by atoms with Gasteiger partial charge in [-0.1, -0.05) is 6.92 Å². The third kappa shape index (κ3) is 7.13. The zero-order valence-corrected chi connectivity index (χ0v) is 17.7. The van der Waals surface area contributed by atoms with Gasteiger partial charge in [-0.25, -0.2) is 15.0 Å². The first kappa shape index (κ1) is 20.3. The Hall–Kier alpha value is -0.740. The van der Waals surface area contributed by atoms with Crippen LogP contribution in [0.2, 0.25) is 0 Å². The van der Waals surface area contributed by atoms with Crippen LogP contribution in [-0.4, -0.2) is 29.0 Å². The van der Waals surface area contributed by atoms with Gasteiger partial charge in [-0.3, -0.25) is 0 Å². The van der Waals surface area contributed by atoms with Crippen molar-refractivity contribution >= 4 is 52.6 Å². The van der Waals surface area contributed by atoms with Gasteiger partial charge in [0.25, 0.3) is 0 Å². The van der Waals surface area contributed by atoms with Crippen LogP contribution in [0.3, 0.4) is 0 Å². The second kappa shape index (κ2) is 10.9. The number of hydrogen-bond acceptors (Lipinski definition) is 5. The highest BCUT2D eigenvalue weighted by molar-refractivity contribution is 14.0. The van der Waals surface area contributed by atoms with E-state index in [0.29, 0.717) is 6.54 Å². The van der Waals surface area contributed by atoms with Crippen LogP contribution < -0.4 is 10.6 Å². The average molecular weight is 465 g/mol. The molecule has 0 atom stereocenters. The van der Waals surface area contributed by atoms with Crippen molar-refractivity contribution in [3.63, 3.8) is 0 Å². The number of rotatable bonds is 7. The maximum Gasteiger partial charge on any atom is 0.191 e. The van der Waals surface area contributed by atoms with Gasteiger partial charge >= 0.3 is 0 Å². The summed E-state index contributed by atoms with van der Waals surface area (Å²) in [6.07, 6.45) is 3.83. The summed E-state index contributed by atoms with van der Waals surface area (Å²) in [7, 11) is 0. The van der Waals surface area contributed by atoms with Crippen molar-refractivity contribution in [2.75, 3.05) is 13.1 Å². The van der Waals surface area contributed by atoms with Crippen LogP contribution in [-0.2, 0) is 19.4 Å². The van der Waals surface area contributed by atoms with E-state index in [4.69, 9.17) is 0 Å². The van der Waals surface area contributed by atoms with Crippen molar-refractivity contribution in [1.29, 1.82) is 0 Å². The molecule has 0 bridgehead atoms. The Bertz CT molecular complexity index is 609. The highest BCUT2D eigenvalue weighted by Gasteiger charge is 2.03. The molecule has 2 heterocycles. The van der Waals surface area contributed by atoms with Crippen molar-refractivity contribution in [2.45, 2.75) is 40.2 Å². The Morgan fingerprint density at radius 2 is 2.09 bits per heavy atom. The first-order valence-electron chi connectivity index (χ1n) is 7.58. The Morgan fingerprint density at radius 3 is 2.70 bits per heavy atom. The van der Waals surface area contributed by atoms with Crippen LogP contribution in [0.15, 0.2) is 16.6 Å². The molecule has 0 aliphatic rings. The SMILES string of the molecule is CCNC(=NCc1csc(CC)n1)NCCc1ncc(C)s1.I. The zero-order chi connectivity index (χ0) is 15.8. The van der Waals surface area contributed by atoms with Crippen molar-refractivity contribution in [3.05, 3.63) is 32.2 Å². The number of aryl methyl sites for hydroxylation is 2. The number of nitrogens with zero attached hydrogens (tertiary/aromatic N) is 3. The lowest BCUT2D eigenvalue weighted by Gasteiger charge is -2.10. The minimum Gasteiger partial charge on any atom is -0.357 e. The van der Waals surface area contributed by atoms with Crippen LogP contribution >= 0.6 is 46.7 Å². The Balaban J connectivity index is 0.00000264. The average Bonchev–Trinajstić information content (AvgIpc) is 3.13. The molecule has 0 aliphatic heterocycles. The molecule has 2 N–H and O–H groups in total. The van der Waals surface area contributed by atoms with Gasteiger partial charge in [-0.2, -0.15) is 0 Å². The zero-order valence-electron chi connectivity index (χ0n) is 13.8. The summed E-state index contributed by atoms with van der Waals surface area (Å²) in [5.41, 5.74) is 1.04. The highest BCUT2D eigenvalue weighted by Crippen LogP contribution is 2.11. The predicted molar refractivity (Wildman–Crippen MR) is 110 cm³/mol. The summed E-state index contributed by atoms with van der Waals surface area (Å²) in [6.45, 7) is 8.56. The molecular weight excluding hydrogens is 441 g/mol. The number of aliphatic imine (C=N–C) groups is 1. The van der Waals surface area contributed by atoms with E-state index in [9.17, 15) is 0 Å². The summed E-state index contributed by atoms with van der Waals surface area (Å²) < 4.78 is 0. The normalized spacial score (nSPS) is 11.2. The molecule has 8 heteroatoms. The van der Waals surface area contributed by atoms with Gasteiger partial charge in [0, 0.05) is 36.0 Å². The Labute approximate surface area is 163 Å². The summed E-state index contributed by atoms with van der Waals surface area (Å²) in [6, 6.07) is 0. The molecule has 0 aliphatic carbocycles. The van der Waals surface area contributed by atoms with Gasteiger partial charge < -0.3 is 10.6 Å². The monoisotopic (exact) mass is 465 g/mol. The number of guanidine groups is 1. The summed E-state index contributed by atoms with van der Waals surface area (Å²) in [4.78, 5) is 14.8. The molecular formula is C15H24IN5S2. The molecule has 2 aromatic heterocycles. The fraction of sp³-hybridized carbons (Fsp3) is 0.533. The minimum absolute atomic E-state index is 0. The number of hydrogen-bond donors (Lipinski definition) is 2. The van der Waals surface area contributed by atoms with Crippen LogP contribution in [0.1, 0.15) is 34.4 Å². The van der Waals surface area contributed by atoms with E-state index in [1.54, 1.807) is 22.7 Å². The summed E-state index contributed by atoms with van der Waals surface area (Å²) in [5.74, 6) is 0.835. The van der Waals surface area contributed by atoms with E-state index in [1.165, 1.54) is 9.88 Å². The summed E-state index contributed by atoms with van der Waals surface area (Å²) >= 11 is 3.45. The van der Waals surface area contributed by atoms with E-state index in [1.807, 2.05) is 6.20 Å². The predicted octanol–water partition coefficient (Wildman–Crippen LogP) is 3.39. The van der Waals surface area contributed by atoms with Crippen molar-refractivity contribution in [2.24, 2.45) is 4.99 Å². The third-order valence-electron chi connectivity index (χ3n) is 2.95. The topological polar surface area (TPSA) is 62.2 Å². The molecule has 2 aromatic rings. The molecule has 23 heavy (non-hydrogen) atoms. The van der Waals surface area contributed by atoms with Gasteiger partial charge in [0.15, 0.2) is 5.96 Å². The van der Waals surface area contributed by atoms with Gasteiger partial charge in [0.1, 0.15) is 0 Å². The molecule has 128 valence electrons. The van der Waals surface area contributed by atoms with Crippen molar-refractivity contribution < 1.29 is 0 Å². The molecule has 0 saturated carbocycles. The smallest absolute Gasteiger partial charge is 0.191 e. The number of nitrogens with one attached hydrogen (secondary N) is 2. The second-order valence-electron chi connectivity index (χ2n) is 4.82. The third-order valence-corrected chi connectivity index (χ3v) is 4.96. The Kier molecular flexibility index (Phi) is 9.65. The van der Waals surface area contributed by atoms with E-state index in [-0.39, 0.29) is 24.0 Å². The molecule has 2 rings (SSSR count). The molecule has 0 amide bonds. The van der Waals surface area contributed by atoms with E-state index < -0.39 is 0 Å². The van der Waals surface area contributed by atoms with Crippen LogP contribution in [0.25, 0.3) is 0 Å². The van der Waals surface area contributed by atoms with E-state index in [2.05, 4.69) is 51.7 Å². The molecule has 0 aromatic carbocycles. The lowest BCUT2D eigenvalue weighted by atomic mass is 10.4. The lowest BCUT2D eigenvalue weighted by Crippen LogP contribution is -2.38. The van der Waals surface area contributed by atoms with Crippen molar-refractivity contribution in [1.82, 2.24) is 20.6 Å². The van der Waals surface area contributed by atoms with Crippen LogP contribution in [0.5, 0.6) is 0 Å². The molecule has 0 spiro atoms. The van der Waals surface area contributed by atoms with E-state index in [0.717, 1.165) is 42.6 Å². The molecule has 0 radical (unpaired) electrons. The van der Waals surface area contributed by atoms with Gasteiger partial charge in [0.2, 0.25) is 0 Å². The maximum absolute atomic E-state index is 4.59. The fourth-order valence-electron chi connectivity index (χ4n) is 1.89. The van der Waals surface area contributed by atoms with Gasteiger partial charge in [-0.15, -0.1) is 46.7 Å². The number of thiazole rings is 2. The molecule has 0 saturated heterocycles. The number of aromatic nitrogens is 2. The first-order valence-corrected chi connectivity index (χ1v) is 9.27. The summed E-state index contributed by atoms with van der Waals surface area (Å²) in [5, 5.41) is 11.0. The fourth-order valence-corrected chi connectivity index (χ4v) is 3.41. The first-order chi connectivity index (χ1) is 10.7. The molecule has 0 unspecified atom stereocenters. The largest absolute Gasteiger partial charge is 0.357 e. The highest BCUT2D eigenvalue weighted by atomic mass is 127. The van der Waals surface area contributed by atoms with E-state index >= 15 is 0 Å². The maximum atomic E-state index is 4.59. The van der Waals surface area contributed by atoms with Crippen LogP contribution in [0, 0.1) is 6.92 Å². The lowest BCUT2D eigenvalue weighted by molar-refractivity contribution is 0.794. The van der Waals surface area contributed by atoms with Crippen LogP contribution in [0.4, 0.5) is 0 Å². The van der Waals surface area contributed by atoms with Crippen molar-refractivity contribution in [3.8, 4) is 0 Å².